The number of anilines is 2. The van der Waals surface area contributed by atoms with Crippen molar-refractivity contribution in [1.29, 1.82) is 0 Å². The van der Waals surface area contributed by atoms with Gasteiger partial charge in [-0.05, 0) is 76.3 Å². The maximum atomic E-state index is 14.3. The second-order valence-corrected chi connectivity index (χ2v) is 13.0. The quantitative estimate of drug-likeness (QED) is 0.335. The molecule has 3 N–H and O–H groups in total. The zero-order chi connectivity index (χ0) is 33.1. The number of aliphatic hydroxyl groups is 1. The van der Waals surface area contributed by atoms with E-state index in [1.54, 1.807) is 42.2 Å². The number of aliphatic hydroxyl groups excluding tert-OH is 1. The van der Waals surface area contributed by atoms with E-state index in [1.165, 1.54) is 6.42 Å². The number of carbonyl (C=O) groups excluding carboxylic acids is 3. The molecule has 2 aromatic carbocycles. The minimum absolute atomic E-state index is 0.0654. The van der Waals surface area contributed by atoms with Crippen molar-refractivity contribution in [2.75, 3.05) is 44.0 Å². The molecule has 0 spiro atoms. The summed E-state index contributed by atoms with van der Waals surface area (Å²) < 4.78 is 12.7. The molecule has 252 valence electrons. The van der Waals surface area contributed by atoms with Gasteiger partial charge in [-0.1, -0.05) is 44.4 Å². The van der Waals surface area contributed by atoms with Crippen molar-refractivity contribution >= 4 is 29.2 Å². The lowest BCUT2D eigenvalue weighted by molar-refractivity contribution is -0.137. The van der Waals surface area contributed by atoms with Crippen LogP contribution in [0.25, 0.3) is 0 Å². The van der Waals surface area contributed by atoms with Gasteiger partial charge in [-0.25, -0.2) is 4.79 Å². The third-order valence-electron chi connectivity index (χ3n) is 9.13. The molecular weight excluding hydrogens is 584 g/mol. The first-order chi connectivity index (χ1) is 22.2. The Morgan fingerprint density at radius 3 is 2.39 bits per heavy atom. The van der Waals surface area contributed by atoms with Gasteiger partial charge in [-0.2, -0.15) is 0 Å². The number of urea groups is 1. The number of rotatable bonds is 7. The first-order valence-electron chi connectivity index (χ1n) is 16.9. The number of ether oxygens (including phenoxy) is 2. The highest BCUT2D eigenvalue weighted by atomic mass is 16.5. The van der Waals surface area contributed by atoms with E-state index in [-0.39, 0.29) is 42.5 Å². The number of para-hydroxylation sites is 1. The molecule has 1 aliphatic heterocycles. The molecule has 0 aromatic heterocycles. The standard InChI is InChI=1S/C36H52N4O6/c1-25-22-40(26(2)24-41)35(43)31-21-30(38-36(44)37-29-16-9-6-10-17-29)18-19-32(31)46-27(3)13-11-12-20-45-33(25)23-39(4)34(42)28-14-7-5-8-15-28/h6,9-10,16-19,21,25-28,33,41H,5,7-8,11-15,20,22-24H2,1-4H3,(H2,37,38,44)/t25-,26+,27+,33+/m1/s1. The number of carbonyl (C=O) groups is 3. The van der Waals surface area contributed by atoms with Crippen LogP contribution in [0.5, 0.6) is 5.75 Å². The van der Waals surface area contributed by atoms with Gasteiger partial charge < -0.3 is 35.0 Å². The van der Waals surface area contributed by atoms with Crippen LogP contribution in [0, 0.1) is 11.8 Å². The van der Waals surface area contributed by atoms with Gasteiger partial charge >= 0.3 is 6.03 Å². The molecule has 1 saturated carbocycles. The lowest BCUT2D eigenvalue weighted by Gasteiger charge is -2.36. The molecule has 10 heteroatoms. The van der Waals surface area contributed by atoms with Gasteiger partial charge in [0.05, 0.1) is 30.4 Å². The van der Waals surface area contributed by atoms with Gasteiger partial charge in [0.25, 0.3) is 5.91 Å². The SMILES string of the molecule is C[C@@H]1CN([C@@H](C)CO)C(=O)c2cc(NC(=O)Nc3ccccc3)ccc2O[C@@H](C)CCCCO[C@H]1CN(C)C(=O)C1CCCCC1. The molecule has 1 heterocycles. The molecule has 46 heavy (non-hydrogen) atoms. The Bertz CT molecular complexity index is 1280. The number of nitrogens with zero attached hydrogens (tertiary/aromatic N) is 2. The molecule has 0 unspecified atom stereocenters. The molecule has 0 radical (unpaired) electrons. The number of benzene rings is 2. The summed E-state index contributed by atoms with van der Waals surface area (Å²) in [5.74, 6) is 0.212. The van der Waals surface area contributed by atoms with Crippen LogP contribution in [-0.4, -0.2) is 84.4 Å². The van der Waals surface area contributed by atoms with Gasteiger partial charge in [0.1, 0.15) is 5.75 Å². The predicted octanol–water partition coefficient (Wildman–Crippen LogP) is 6.16. The molecule has 2 aliphatic rings. The first kappa shape index (κ1) is 35.2. The van der Waals surface area contributed by atoms with E-state index in [4.69, 9.17) is 9.47 Å². The highest BCUT2D eigenvalue weighted by Crippen LogP contribution is 2.29. The van der Waals surface area contributed by atoms with E-state index in [2.05, 4.69) is 10.6 Å². The van der Waals surface area contributed by atoms with Crippen LogP contribution in [-0.2, 0) is 9.53 Å². The fourth-order valence-electron chi connectivity index (χ4n) is 6.30. The molecule has 4 amide bonds. The molecule has 4 rings (SSSR count). The minimum Gasteiger partial charge on any atom is -0.490 e. The summed E-state index contributed by atoms with van der Waals surface area (Å²) in [7, 11) is 1.86. The van der Waals surface area contributed by atoms with Gasteiger partial charge in [0, 0.05) is 50.0 Å². The summed E-state index contributed by atoms with van der Waals surface area (Å²) in [4.78, 5) is 43.9. The van der Waals surface area contributed by atoms with Crippen molar-refractivity contribution in [2.24, 2.45) is 11.8 Å². The van der Waals surface area contributed by atoms with Crippen LogP contribution < -0.4 is 15.4 Å². The topological polar surface area (TPSA) is 120 Å². The number of hydrogen-bond acceptors (Lipinski definition) is 6. The van der Waals surface area contributed by atoms with Crippen LogP contribution >= 0.6 is 0 Å². The van der Waals surface area contributed by atoms with Gasteiger partial charge in [0.15, 0.2) is 0 Å². The van der Waals surface area contributed by atoms with Crippen molar-refractivity contribution in [3.8, 4) is 5.75 Å². The van der Waals surface area contributed by atoms with Crippen molar-refractivity contribution in [3.63, 3.8) is 0 Å². The largest absolute Gasteiger partial charge is 0.490 e. The first-order valence-corrected chi connectivity index (χ1v) is 16.9. The fraction of sp³-hybridized carbons (Fsp3) is 0.583. The van der Waals surface area contributed by atoms with Crippen molar-refractivity contribution in [3.05, 3.63) is 54.1 Å². The summed E-state index contributed by atoms with van der Waals surface area (Å²) in [5, 5.41) is 15.8. The van der Waals surface area contributed by atoms with Crippen molar-refractivity contribution in [1.82, 2.24) is 9.80 Å². The Hall–Kier alpha value is -3.63. The molecule has 0 bridgehead atoms. The highest BCUT2D eigenvalue weighted by Gasteiger charge is 2.32. The molecule has 1 fully saturated rings. The van der Waals surface area contributed by atoms with Gasteiger partial charge in [-0.15, -0.1) is 0 Å². The summed E-state index contributed by atoms with van der Waals surface area (Å²) in [5.41, 5.74) is 1.38. The average molecular weight is 637 g/mol. The minimum atomic E-state index is -0.492. The number of fused-ring (bicyclic) bond motifs is 1. The number of hydrogen-bond donors (Lipinski definition) is 3. The Balaban J connectivity index is 1.58. The van der Waals surface area contributed by atoms with Gasteiger partial charge in [-0.3, -0.25) is 9.59 Å². The Labute approximate surface area is 273 Å². The highest BCUT2D eigenvalue weighted by molar-refractivity contribution is 6.02. The number of amides is 4. The average Bonchev–Trinajstić information content (AvgIpc) is 3.06. The van der Waals surface area contributed by atoms with E-state index in [0.717, 1.165) is 44.9 Å². The molecular formula is C36H52N4O6. The Morgan fingerprint density at radius 1 is 0.978 bits per heavy atom. The number of likely N-dealkylation sites (N-methyl/N-ethyl adjacent to an activating group) is 1. The van der Waals surface area contributed by atoms with E-state index < -0.39 is 12.1 Å². The third-order valence-corrected chi connectivity index (χ3v) is 9.13. The maximum absolute atomic E-state index is 14.3. The summed E-state index contributed by atoms with van der Waals surface area (Å²) in [6.45, 7) is 6.88. The summed E-state index contributed by atoms with van der Waals surface area (Å²) in [6.07, 6.45) is 7.30. The van der Waals surface area contributed by atoms with Crippen LogP contribution in [0.2, 0.25) is 0 Å². The molecule has 0 saturated heterocycles. The van der Waals surface area contributed by atoms with Crippen LogP contribution in [0.15, 0.2) is 48.5 Å². The summed E-state index contributed by atoms with van der Waals surface area (Å²) >= 11 is 0. The number of nitrogens with one attached hydrogen (secondary N) is 2. The Kier molecular flexibility index (Phi) is 13.3. The van der Waals surface area contributed by atoms with Crippen molar-refractivity contribution < 1.29 is 29.0 Å². The van der Waals surface area contributed by atoms with Crippen molar-refractivity contribution in [2.45, 2.75) is 90.4 Å². The van der Waals surface area contributed by atoms with Crippen LogP contribution in [0.4, 0.5) is 16.2 Å². The maximum Gasteiger partial charge on any atom is 0.323 e. The van der Waals surface area contributed by atoms with Gasteiger partial charge in [0.2, 0.25) is 5.91 Å². The smallest absolute Gasteiger partial charge is 0.323 e. The molecule has 1 aliphatic carbocycles. The molecule has 4 atom stereocenters. The molecule has 2 aromatic rings. The zero-order valence-electron chi connectivity index (χ0n) is 27.9. The van der Waals surface area contributed by atoms with Crippen LogP contribution in [0.1, 0.15) is 82.5 Å². The van der Waals surface area contributed by atoms with Crippen LogP contribution in [0.3, 0.4) is 0 Å². The normalized spacial score (nSPS) is 22.5. The van der Waals surface area contributed by atoms with E-state index in [0.29, 0.717) is 42.4 Å². The monoisotopic (exact) mass is 636 g/mol. The third kappa shape index (κ3) is 9.93. The lowest BCUT2D eigenvalue weighted by atomic mass is 9.88. The predicted molar refractivity (Wildman–Crippen MR) is 180 cm³/mol. The molecule has 10 nitrogen and oxygen atoms in total. The van der Waals surface area contributed by atoms with E-state index in [1.807, 2.05) is 44.0 Å². The second-order valence-electron chi connectivity index (χ2n) is 13.0. The zero-order valence-corrected chi connectivity index (χ0v) is 27.9. The Morgan fingerprint density at radius 2 is 1.67 bits per heavy atom. The second kappa shape index (κ2) is 17.3. The summed E-state index contributed by atoms with van der Waals surface area (Å²) in [6, 6.07) is 13.3. The van der Waals surface area contributed by atoms with E-state index >= 15 is 0 Å². The lowest BCUT2D eigenvalue weighted by Crippen LogP contribution is -2.48. The fourth-order valence-corrected chi connectivity index (χ4v) is 6.30. The van der Waals surface area contributed by atoms with E-state index in [9.17, 15) is 19.5 Å².